The van der Waals surface area contributed by atoms with Crippen LogP contribution < -0.4 is 14.8 Å². The summed E-state index contributed by atoms with van der Waals surface area (Å²) in [6.45, 7) is 0. The summed E-state index contributed by atoms with van der Waals surface area (Å²) >= 11 is 7.68. The van der Waals surface area contributed by atoms with Crippen LogP contribution in [0, 0.1) is 0 Å². The van der Waals surface area contributed by atoms with E-state index in [-0.39, 0.29) is 5.75 Å². The van der Waals surface area contributed by atoms with E-state index in [9.17, 15) is 18.0 Å². The van der Waals surface area contributed by atoms with Crippen molar-refractivity contribution >= 4 is 83.7 Å². The first-order chi connectivity index (χ1) is 18.7. The van der Waals surface area contributed by atoms with Crippen molar-refractivity contribution in [2.75, 3.05) is 5.32 Å². The van der Waals surface area contributed by atoms with Gasteiger partial charge in [0.1, 0.15) is 12.1 Å². The monoisotopic (exact) mass is 677 g/mol. The number of fused-ring (bicyclic) bond motifs is 3. The summed E-state index contributed by atoms with van der Waals surface area (Å²) in [5.41, 5.74) is 3.63. The highest BCUT2D eigenvalue weighted by molar-refractivity contribution is 9.11. The Kier molecular flexibility index (Phi) is 7.82. The average molecular weight is 679 g/mol. The van der Waals surface area contributed by atoms with Crippen LogP contribution in [-0.4, -0.2) is 28.2 Å². The number of amides is 2. The molecule has 39 heavy (non-hydrogen) atoms. The molecular formula is C26H16Br2F3N5O2S. The molecule has 0 atom stereocenters. The quantitative estimate of drug-likeness (QED) is 0.140. The van der Waals surface area contributed by atoms with Gasteiger partial charge >= 0.3 is 12.4 Å². The molecule has 2 N–H and O–H groups in total. The standard InChI is InChI=1S/C26H16Br2F3N5O2S/c27-20-2-1-3-21(28)24(20)34-25(37)35-39-33-13-15-4-10-19-16(12-15)5-11-22-23(19)32-14-36(22)17-6-8-18(9-7-17)38-26(29,30)31/h1-14H,(H2,34,35,37)/b33-13+. The summed E-state index contributed by atoms with van der Waals surface area (Å²) < 4.78 is 51.4. The van der Waals surface area contributed by atoms with Crippen LogP contribution in [0.5, 0.6) is 5.75 Å². The number of halogens is 5. The summed E-state index contributed by atoms with van der Waals surface area (Å²) in [4.78, 5) is 16.7. The van der Waals surface area contributed by atoms with Crippen molar-refractivity contribution < 1.29 is 22.7 Å². The molecule has 0 aliphatic rings. The molecule has 198 valence electrons. The average Bonchev–Trinajstić information content (AvgIpc) is 3.33. The number of carbonyl (C=O) groups is 1. The third kappa shape index (κ3) is 6.37. The van der Waals surface area contributed by atoms with Crippen LogP contribution in [-0.2, 0) is 0 Å². The Morgan fingerprint density at radius 3 is 2.49 bits per heavy atom. The van der Waals surface area contributed by atoms with E-state index in [1.54, 1.807) is 17.1 Å². The van der Waals surface area contributed by atoms with Gasteiger partial charge in [0.15, 0.2) is 0 Å². The Bertz CT molecular complexity index is 1690. The first kappa shape index (κ1) is 27.0. The van der Waals surface area contributed by atoms with Gasteiger partial charge < -0.3 is 10.1 Å². The van der Waals surface area contributed by atoms with Crippen molar-refractivity contribution in [1.29, 1.82) is 0 Å². The number of urea groups is 1. The minimum absolute atomic E-state index is 0.290. The number of rotatable bonds is 6. The van der Waals surface area contributed by atoms with E-state index in [0.29, 0.717) is 11.4 Å². The third-order valence-electron chi connectivity index (χ3n) is 5.50. The molecule has 0 radical (unpaired) electrons. The van der Waals surface area contributed by atoms with Gasteiger partial charge in [-0.1, -0.05) is 24.3 Å². The number of anilines is 1. The van der Waals surface area contributed by atoms with E-state index in [1.807, 2.05) is 48.5 Å². The van der Waals surface area contributed by atoms with Crippen LogP contribution in [0.3, 0.4) is 0 Å². The first-order valence-electron chi connectivity index (χ1n) is 11.1. The zero-order valence-electron chi connectivity index (χ0n) is 19.5. The number of benzene rings is 4. The van der Waals surface area contributed by atoms with Gasteiger partial charge in [-0.05, 0) is 91.3 Å². The van der Waals surface area contributed by atoms with Crippen LogP contribution in [0.4, 0.5) is 23.7 Å². The first-order valence-corrected chi connectivity index (χ1v) is 13.5. The number of hydrogen-bond acceptors (Lipinski definition) is 5. The third-order valence-corrected chi connectivity index (χ3v) is 7.31. The number of imidazole rings is 1. The van der Waals surface area contributed by atoms with Crippen molar-refractivity contribution in [2.24, 2.45) is 4.40 Å². The predicted octanol–water partition coefficient (Wildman–Crippen LogP) is 8.41. The second-order valence-electron chi connectivity index (χ2n) is 8.05. The molecule has 0 unspecified atom stereocenters. The molecular weight excluding hydrogens is 663 g/mol. The van der Waals surface area contributed by atoms with Gasteiger partial charge in [0.2, 0.25) is 0 Å². The molecule has 0 spiro atoms. The number of aromatic nitrogens is 2. The summed E-state index contributed by atoms with van der Waals surface area (Å²) in [6, 6.07) is 20.2. The summed E-state index contributed by atoms with van der Waals surface area (Å²) in [6.07, 6.45) is -1.49. The lowest BCUT2D eigenvalue weighted by molar-refractivity contribution is -0.274. The SMILES string of the molecule is O=C(NS/N=C/c1ccc2c(ccc3c2ncn3-c2ccc(OC(F)(F)F)cc2)c1)Nc1c(Br)cccc1Br. The zero-order valence-corrected chi connectivity index (χ0v) is 23.5. The van der Waals surface area contributed by atoms with E-state index in [0.717, 1.165) is 48.4 Å². The number of para-hydroxylation sites is 1. The normalized spacial score (nSPS) is 11.8. The predicted molar refractivity (Wildman–Crippen MR) is 154 cm³/mol. The van der Waals surface area contributed by atoms with Gasteiger partial charge in [-0.3, -0.25) is 9.29 Å². The number of nitrogens with zero attached hydrogens (tertiary/aromatic N) is 3. The van der Waals surface area contributed by atoms with E-state index in [2.05, 4.69) is 56.0 Å². The minimum atomic E-state index is -4.74. The Morgan fingerprint density at radius 2 is 1.77 bits per heavy atom. The number of alkyl halides is 3. The highest BCUT2D eigenvalue weighted by atomic mass is 79.9. The Morgan fingerprint density at radius 1 is 1.03 bits per heavy atom. The largest absolute Gasteiger partial charge is 0.573 e. The number of hydrogen-bond donors (Lipinski definition) is 2. The van der Waals surface area contributed by atoms with Crippen LogP contribution in [0.1, 0.15) is 5.56 Å². The summed E-state index contributed by atoms with van der Waals surface area (Å²) in [7, 11) is 0. The lowest BCUT2D eigenvalue weighted by atomic mass is 10.1. The fraction of sp³-hybridized carbons (Fsp3) is 0.0385. The Hall–Kier alpha value is -3.55. The molecule has 0 aliphatic carbocycles. The van der Waals surface area contributed by atoms with Crippen molar-refractivity contribution in [2.45, 2.75) is 6.36 Å². The van der Waals surface area contributed by atoms with Crippen molar-refractivity contribution in [1.82, 2.24) is 14.3 Å². The van der Waals surface area contributed by atoms with Gasteiger partial charge in [-0.25, -0.2) is 14.2 Å². The van der Waals surface area contributed by atoms with E-state index < -0.39 is 12.4 Å². The van der Waals surface area contributed by atoms with Crippen molar-refractivity contribution in [3.05, 3.63) is 93.6 Å². The molecule has 0 aliphatic heterocycles. The van der Waals surface area contributed by atoms with Gasteiger partial charge in [0.05, 0.1) is 28.9 Å². The van der Waals surface area contributed by atoms with E-state index >= 15 is 0 Å². The molecule has 0 saturated heterocycles. The summed E-state index contributed by atoms with van der Waals surface area (Å²) in [5, 5.41) is 4.58. The smallest absolute Gasteiger partial charge is 0.406 e. The lowest BCUT2D eigenvalue weighted by Gasteiger charge is -2.10. The maximum Gasteiger partial charge on any atom is 0.573 e. The molecule has 5 aromatic rings. The molecule has 5 rings (SSSR count). The molecule has 2 amide bonds. The van der Waals surface area contributed by atoms with Crippen LogP contribution in [0.15, 0.2) is 92.5 Å². The second kappa shape index (κ2) is 11.3. The van der Waals surface area contributed by atoms with Gasteiger partial charge in [-0.2, -0.15) is 0 Å². The maximum atomic E-state index is 12.4. The molecule has 7 nitrogen and oxygen atoms in total. The molecule has 13 heteroatoms. The van der Waals surface area contributed by atoms with Crippen LogP contribution >= 0.6 is 44.0 Å². The molecule has 4 aromatic carbocycles. The minimum Gasteiger partial charge on any atom is -0.406 e. The fourth-order valence-corrected chi connectivity index (χ4v) is 5.39. The van der Waals surface area contributed by atoms with Crippen LogP contribution in [0.25, 0.3) is 27.5 Å². The zero-order chi connectivity index (χ0) is 27.6. The van der Waals surface area contributed by atoms with Gasteiger partial charge in [-0.15, -0.1) is 13.2 Å². The molecule has 0 bridgehead atoms. The lowest BCUT2D eigenvalue weighted by Crippen LogP contribution is -2.22. The number of carbonyl (C=O) groups excluding carboxylic acids is 1. The molecule has 1 heterocycles. The highest BCUT2D eigenvalue weighted by Crippen LogP contribution is 2.31. The number of ether oxygens (including phenoxy) is 1. The van der Waals surface area contributed by atoms with Gasteiger partial charge in [0, 0.05) is 26.2 Å². The molecule has 0 saturated carbocycles. The molecule has 1 aromatic heterocycles. The summed E-state index contributed by atoms with van der Waals surface area (Å²) in [5.74, 6) is -0.290. The maximum absolute atomic E-state index is 12.4. The number of nitrogens with one attached hydrogen (secondary N) is 2. The topological polar surface area (TPSA) is 80.5 Å². The van der Waals surface area contributed by atoms with Gasteiger partial charge in [0.25, 0.3) is 0 Å². The fourth-order valence-electron chi connectivity index (χ4n) is 3.83. The van der Waals surface area contributed by atoms with Crippen LogP contribution in [0.2, 0.25) is 0 Å². The highest BCUT2D eigenvalue weighted by Gasteiger charge is 2.31. The van der Waals surface area contributed by atoms with E-state index in [1.165, 1.54) is 24.3 Å². The molecule has 0 fully saturated rings. The Labute approximate surface area is 241 Å². The Balaban J connectivity index is 1.27. The van der Waals surface area contributed by atoms with Crippen molar-refractivity contribution in [3.8, 4) is 11.4 Å². The van der Waals surface area contributed by atoms with Crippen molar-refractivity contribution in [3.63, 3.8) is 0 Å². The second-order valence-corrected chi connectivity index (χ2v) is 10.4. The van der Waals surface area contributed by atoms with E-state index in [4.69, 9.17) is 0 Å².